The van der Waals surface area contributed by atoms with Gasteiger partial charge in [-0.3, -0.25) is 9.37 Å². The van der Waals surface area contributed by atoms with Gasteiger partial charge >= 0.3 is 0 Å². The van der Waals surface area contributed by atoms with Crippen molar-refractivity contribution in [2.24, 2.45) is 0 Å². The van der Waals surface area contributed by atoms with Crippen molar-refractivity contribution in [3.8, 4) is 11.1 Å². The van der Waals surface area contributed by atoms with E-state index in [1.54, 1.807) is 6.20 Å². The molecule has 0 aliphatic carbocycles. The van der Waals surface area contributed by atoms with Crippen LogP contribution in [0.2, 0.25) is 0 Å². The number of pyridine rings is 1. The number of benzene rings is 1. The van der Waals surface area contributed by atoms with E-state index in [0.29, 0.717) is 7.18 Å². The monoisotopic (exact) mass is 189 g/mol. The second-order valence-electron chi connectivity index (χ2n) is 2.61. The first-order valence-electron chi connectivity index (χ1n) is 4.30. The number of alkyl halides is 1. The standard InChI is InChI=1S/C11H9N.CH3F/c1-2-5-10(6-3-1)11-7-4-8-12-9-11;1-2/h1-9H;1H3. The Hall–Kier alpha value is -1.70. The molecule has 0 bridgehead atoms. The molecule has 2 heteroatoms. The fourth-order valence-corrected chi connectivity index (χ4v) is 1.16. The first-order chi connectivity index (χ1) is 6.97. The molecule has 0 spiro atoms. The van der Waals surface area contributed by atoms with Crippen molar-refractivity contribution < 1.29 is 4.39 Å². The lowest BCUT2D eigenvalue weighted by Gasteiger charge is -1.97. The SMILES string of the molecule is CF.c1ccc(-c2cccnc2)cc1. The van der Waals surface area contributed by atoms with Crippen molar-refractivity contribution in [2.45, 2.75) is 0 Å². The zero-order valence-electron chi connectivity index (χ0n) is 8.02. The summed E-state index contributed by atoms with van der Waals surface area (Å²) in [6, 6.07) is 14.2. The third kappa shape index (κ3) is 2.66. The number of rotatable bonds is 1. The Labute approximate surface area is 83.2 Å². The summed E-state index contributed by atoms with van der Waals surface area (Å²) in [5, 5.41) is 0. The molecular weight excluding hydrogens is 177 g/mol. The van der Waals surface area contributed by atoms with Crippen LogP contribution >= 0.6 is 0 Å². The average Bonchev–Trinajstić information content (AvgIpc) is 2.34. The smallest absolute Gasteiger partial charge is 0.0785 e. The Morgan fingerprint density at radius 3 is 2.07 bits per heavy atom. The number of hydrogen-bond donors (Lipinski definition) is 0. The second-order valence-corrected chi connectivity index (χ2v) is 2.61. The fourth-order valence-electron chi connectivity index (χ4n) is 1.16. The minimum Gasteiger partial charge on any atom is -0.264 e. The van der Waals surface area contributed by atoms with E-state index in [2.05, 4.69) is 23.2 Å². The predicted molar refractivity (Wildman–Crippen MR) is 56.7 cm³/mol. The molecule has 0 aliphatic rings. The van der Waals surface area contributed by atoms with Crippen molar-refractivity contribution >= 4 is 0 Å². The Morgan fingerprint density at radius 1 is 0.857 bits per heavy atom. The maximum atomic E-state index is 9.50. The topological polar surface area (TPSA) is 12.9 Å². The molecule has 0 saturated carbocycles. The van der Waals surface area contributed by atoms with Crippen molar-refractivity contribution in [3.63, 3.8) is 0 Å². The van der Waals surface area contributed by atoms with Crippen molar-refractivity contribution in [1.82, 2.24) is 4.98 Å². The van der Waals surface area contributed by atoms with Crippen LogP contribution < -0.4 is 0 Å². The summed E-state index contributed by atoms with van der Waals surface area (Å²) in [7, 11) is 0.500. The van der Waals surface area contributed by atoms with Gasteiger partial charge in [-0.1, -0.05) is 36.4 Å². The van der Waals surface area contributed by atoms with E-state index in [0.717, 1.165) is 5.56 Å². The third-order valence-electron chi connectivity index (χ3n) is 1.77. The van der Waals surface area contributed by atoms with Gasteiger partial charge in [-0.05, 0) is 17.2 Å². The van der Waals surface area contributed by atoms with E-state index in [9.17, 15) is 4.39 Å². The van der Waals surface area contributed by atoms with Gasteiger partial charge in [-0.2, -0.15) is 0 Å². The molecule has 1 heterocycles. The summed E-state index contributed by atoms with van der Waals surface area (Å²) >= 11 is 0. The Balaban J connectivity index is 0.000000461. The van der Waals surface area contributed by atoms with E-state index in [1.807, 2.05) is 30.5 Å². The number of nitrogens with zero attached hydrogens (tertiary/aromatic N) is 1. The second kappa shape index (κ2) is 5.86. The summed E-state index contributed by atoms with van der Waals surface area (Å²) in [6.45, 7) is 0. The lowest BCUT2D eigenvalue weighted by atomic mass is 10.1. The summed E-state index contributed by atoms with van der Waals surface area (Å²) in [4.78, 5) is 4.06. The Kier molecular flexibility index (Phi) is 4.35. The van der Waals surface area contributed by atoms with E-state index >= 15 is 0 Å². The van der Waals surface area contributed by atoms with Gasteiger partial charge in [0.25, 0.3) is 0 Å². The van der Waals surface area contributed by atoms with E-state index in [-0.39, 0.29) is 0 Å². The molecule has 0 fully saturated rings. The highest BCUT2D eigenvalue weighted by molar-refractivity contribution is 5.61. The van der Waals surface area contributed by atoms with Crippen LogP contribution in [0.15, 0.2) is 54.9 Å². The Morgan fingerprint density at radius 2 is 1.50 bits per heavy atom. The van der Waals surface area contributed by atoms with E-state index < -0.39 is 0 Å². The average molecular weight is 189 g/mol. The minimum absolute atomic E-state index is 0.500. The van der Waals surface area contributed by atoms with Gasteiger partial charge in [0.1, 0.15) is 0 Å². The van der Waals surface area contributed by atoms with Gasteiger partial charge < -0.3 is 0 Å². The third-order valence-corrected chi connectivity index (χ3v) is 1.77. The van der Waals surface area contributed by atoms with Crippen LogP contribution in [0.4, 0.5) is 4.39 Å². The highest BCUT2D eigenvalue weighted by Gasteiger charge is 1.92. The molecule has 0 N–H and O–H groups in total. The van der Waals surface area contributed by atoms with Crippen LogP contribution in [0.1, 0.15) is 0 Å². The number of halogens is 1. The summed E-state index contributed by atoms with van der Waals surface area (Å²) in [5.41, 5.74) is 2.38. The van der Waals surface area contributed by atoms with Gasteiger partial charge in [0.05, 0.1) is 7.18 Å². The van der Waals surface area contributed by atoms with Gasteiger partial charge in [0.2, 0.25) is 0 Å². The van der Waals surface area contributed by atoms with Gasteiger partial charge in [0, 0.05) is 12.4 Å². The minimum atomic E-state index is 0.500. The maximum Gasteiger partial charge on any atom is 0.0785 e. The summed E-state index contributed by atoms with van der Waals surface area (Å²) in [6.07, 6.45) is 3.65. The maximum absolute atomic E-state index is 9.50. The van der Waals surface area contributed by atoms with Crippen molar-refractivity contribution in [1.29, 1.82) is 0 Å². The van der Waals surface area contributed by atoms with E-state index in [1.165, 1.54) is 5.56 Å². The summed E-state index contributed by atoms with van der Waals surface area (Å²) in [5.74, 6) is 0. The first-order valence-corrected chi connectivity index (χ1v) is 4.30. The van der Waals surface area contributed by atoms with Crippen LogP contribution in [0.5, 0.6) is 0 Å². The highest BCUT2D eigenvalue weighted by atomic mass is 19.1. The molecular formula is C12H12FN. The molecule has 0 saturated heterocycles. The lowest BCUT2D eigenvalue weighted by molar-refractivity contribution is 0.636. The fraction of sp³-hybridized carbons (Fsp3) is 0.0833. The Bertz CT molecular complexity index is 308. The molecule has 0 unspecified atom stereocenters. The van der Waals surface area contributed by atoms with Gasteiger partial charge in [-0.15, -0.1) is 0 Å². The van der Waals surface area contributed by atoms with Crippen LogP contribution in [0, 0.1) is 0 Å². The van der Waals surface area contributed by atoms with Crippen LogP contribution in [-0.2, 0) is 0 Å². The number of aromatic nitrogens is 1. The molecule has 0 aliphatic heterocycles. The van der Waals surface area contributed by atoms with Crippen LogP contribution in [-0.4, -0.2) is 12.2 Å². The normalized spacial score (nSPS) is 8.71. The van der Waals surface area contributed by atoms with Crippen molar-refractivity contribution in [3.05, 3.63) is 54.9 Å². The molecule has 1 aromatic carbocycles. The molecule has 72 valence electrons. The molecule has 0 amide bonds. The van der Waals surface area contributed by atoms with E-state index in [4.69, 9.17) is 0 Å². The molecule has 14 heavy (non-hydrogen) atoms. The van der Waals surface area contributed by atoms with Crippen LogP contribution in [0.3, 0.4) is 0 Å². The largest absolute Gasteiger partial charge is 0.264 e. The first kappa shape index (κ1) is 10.4. The molecule has 0 atom stereocenters. The number of hydrogen-bond acceptors (Lipinski definition) is 1. The lowest BCUT2D eigenvalue weighted by Crippen LogP contribution is -1.76. The van der Waals surface area contributed by atoms with Gasteiger partial charge in [0.15, 0.2) is 0 Å². The molecule has 1 aromatic heterocycles. The zero-order valence-corrected chi connectivity index (χ0v) is 8.02. The quantitative estimate of drug-likeness (QED) is 0.670. The van der Waals surface area contributed by atoms with Gasteiger partial charge in [-0.25, -0.2) is 0 Å². The highest BCUT2D eigenvalue weighted by Crippen LogP contribution is 2.16. The predicted octanol–water partition coefficient (Wildman–Crippen LogP) is 3.33. The van der Waals surface area contributed by atoms with Crippen molar-refractivity contribution in [2.75, 3.05) is 7.18 Å². The van der Waals surface area contributed by atoms with Crippen LogP contribution in [0.25, 0.3) is 11.1 Å². The molecule has 1 nitrogen and oxygen atoms in total. The summed E-state index contributed by atoms with van der Waals surface area (Å²) < 4.78 is 9.50. The zero-order chi connectivity index (χ0) is 10.2. The molecule has 0 radical (unpaired) electrons. The molecule has 2 aromatic rings. The molecule has 2 rings (SSSR count).